The van der Waals surface area contributed by atoms with E-state index in [0.717, 1.165) is 6.54 Å². The Balaban J connectivity index is 2.31. The van der Waals surface area contributed by atoms with Crippen LogP contribution in [0.2, 0.25) is 0 Å². The van der Waals surface area contributed by atoms with E-state index in [1.165, 1.54) is 6.26 Å². The quantitative estimate of drug-likeness (QED) is 0.838. The maximum absolute atomic E-state index is 11.8. The molecule has 2 N–H and O–H groups in total. The van der Waals surface area contributed by atoms with Gasteiger partial charge in [-0.1, -0.05) is 0 Å². The lowest BCUT2D eigenvalue weighted by Crippen LogP contribution is -2.38. The summed E-state index contributed by atoms with van der Waals surface area (Å²) in [7, 11) is -3.17. The number of fused-ring (bicyclic) bond motifs is 1. The zero-order chi connectivity index (χ0) is 15.7. The van der Waals surface area contributed by atoms with Gasteiger partial charge in [-0.3, -0.25) is 0 Å². The van der Waals surface area contributed by atoms with Crippen LogP contribution in [-0.4, -0.2) is 46.9 Å². The van der Waals surface area contributed by atoms with E-state index in [-0.39, 0.29) is 6.54 Å². The molecule has 0 aliphatic carbocycles. The van der Waals surface area contributed by atoms with Crippen molar-refractivity contribution in [2.24, 2.45) is 0 Å². The summed E-state index contributed by atoms with van der Waals surface area (Å²) in [5, 5.41) is 6.25. The molecule has 2 rings (SSSR count). The van der Waals surface area contributed by atoms with Gasteiger partial charge in [0.15, 0.2) is 21.3 Å². The van der Waals surface area contributed by atoms with E-state index in [0.29, 0.717) is 17.3 Å². The van der Waals surface area contributed by atoms with Crippen LogP contribution in [0.4, 0.5) is 11.6 Å². The smallest absolute Gasteiger partial charge is 0.180 e. The van der Waals surface area contributed by atoms with Crippen LogP contribution in [-0.2, 0) is 9.84 Å². The number of nitrogens with one attached hydrogen (secondary N) is 2. The van der Waals surface area contributed by atoms with Crippen molar-refractivity contribution in [2.45, 2.75) is 25.5 Å². The summed E-state index contributed by atoms with van der Waals surface area (Å²) in [6, 6.07) is 0. The summed E-state index contributed by atoms with van der Waals surface area (Å²) in [5.74, 6) is 1.28. The molecule has 2 aromatic rings. The van der Waals surface area contributed by atoms with Crippen molar-refractivity contribution in [2.75, 3.05) is 30.0 Å². The summed E-state index contributed by atoms with van der Waals surface area (Å²) >= 11 is 0. The lowest BCUT2D eigenvalue weighted by molar-refractivity contribution is 0.559. The molecule has 8 heteroatoms. The zero-order valence-electron chi connectivity index (χ0n) is 12.7. The van der Waals surface area contributed by atoms with Crippen LogP contribution in [0.25, 0.3) is 5.65 Å². The molecule has 7 nitrogen and oxygen atoms in total. The molecule has 2 aromatic heterocycles. The maximum atomic E-state index is 11.8. The number of imidazole rings is 1. The minimum absolute atomic E-state index is 0.261. The van der Waals surface area contributed by atoms with Crippen molar-refractivity contribution < 1.29 is 8.42 Å². The Kier molecular flexibility index (Phi) is 4.08. The summed E-state index contributed by atoms with van der Waals surface area (Å²) in [4.78, 5) is 8.69. The number of hydrogen-bond acceptors (Lipinski definition) is 6. The van der Waals surface area contributed by atoms with Crippen molar-refractivity contribution in [1.29, 1.82) is 0 Å². The highest BCUT2D eigenvalue weighted by atomic mass is 32.2. The molecule has 0 bridgehead atoms. The van der Waals surface area contributed by atoms with Crippen LogP contribution < -0.4 is 10.6 Å². The van der Waals surface area contributed by atoms with Crippen LogP contribution in [0.1, 0.15) is 20.8 Å². The first-order valence-electron chi connectivity index (χ1n) is 6.75. The first kappa shape index (κ1) is 15.6. The maximum Gasteiger partial charge on any atom is 0.180 e. The van der Waals surface area contributed by atoms with E-state index in [9.17, 15) is 8.42 Å². The van der Waals surface area contributed by atoms with Crippen LogP contribution in [0, 0.1) is 0 Å². The van der Waals surface area contributed by atoms with Gasteiger partial charge in [-0.25, -0.2) is 18.4 Å². The monoisotopic (exact) mass is 311 g/mol. The van der Waals surface area contributed by atoms with Gasteiger partial charge >= 0.3 is 0 Å². The van der Waals surface area contributed by atoms with Crippen LogP contribution >= 0.6 is 0 Å². The first-order valence-corrected chi connectivity index (χ1v) is 8.65. The molecule has 0 atom stereocenters. The Morgan fingerprint density at radius 1 is 1.33 bits per heavy atom. The molecule has 0 saturated carbocycles. The Morgan fingerprint density at radius 3 is 2.67 bits per heavy atom. The van der Waals surface area contributed by atoms with Gasteiger partial charge in [-0.05, 0) is 20.8 Å². The highest BCUT2D eigenvalue weighted by molar-refractivity contribution is 7.92. The predicted octanol–water partition coefficient (Wildman–Crippen LogP) is 1.40. The second-order valence-electron chi connectivity index (χ2n) is 5.55. The molecule has 0 aliphatic rings. The molecule has 0 spiro atoms. The summed E-state index contributed by atoms with van der Waals surface area (Å²) in [6.07, 6.45) is 6.59. The number of rotatable bonds is 6. The van der Waals surface area contributed by atoms with Gasteiger partial charge in [-0.15, -0.1) is 0 Å². The highest BCUT2D eigenvalue weighted by Crippen LogP contribution is 2.20. The number of hydrogen-bond donors (Lipinski definition) is 2. The largest absolute Gasteiger partial charge is 0.369 e. The van der Waals surface area contributed by atoms with Gasteiger partial charge in [-0.2, -0.15) is 0 Å². The average Bonchev–Trinajstić information content (AvgIpc) is 2.83. The predicted molar refractivity (Wildman–Crippen MR) is 84.6 cm³/mol. The molecule has 0 saturated heterocycles. The number of anilines is 2. The fourth-order valence-electron chi connectivity index (χ4n) is 1.74. The molecule has 0 amide bonds. The van der Waals surface area contributed by atoms with Gasteiger partial charge in [0.05, 0.1) is 10.9 Å². The van der Waals surface area contributed by atoms with Crippen molar-refractivity contribution in [3.63, 3.8) is 0 Å². The fourth-order valence-corrected chi connectivity index (χ4v) is 2.08. The Morgan fingerprint density at radius 2 is 2.05 bits per heavy atom. The van der Waals surface area contributed by atoms with E-state index in [4.69, 9.17) is 0 Å². The fraction of sp³-hybridized carbons (Fsp3) is 0.538. The molecule has 0 fully saturated rings. The molecule has 0 aromatic carbocycles. The molecule has 0 unspecified atom stereocenters. The van der Waals surface area contributed by atoms with E-state index >= 15 is 0 Å². The van der Waals surface area contributed by atoms with Crippen LogP contribution in [0.5, 0.6) is 0 Å². The standard InChI is InChI=1S/C13H21N5O2S/c1-5-14-10-8-18-7-6-15-12(18)11(17-10)16-9-13(2,3)21(4,19)20/h6-8,14H,5,9H2,1-4H3,(H,16,17). The van der Waals surface area contributed by atoms with Crippen molar-refractivity contribution in [3.05, 3.63) is 18.6 Å². The van der Waals surface area contributed by atoms with Gasteiger partial charge in [0.1, 0.15) is 5.82 Å². The summed E-state index contributed by atoms with van der Waals surface area (Å²) in [6.45, 7) is 6.37. The summed E-state index contributed by atoms with van der Waals surface area (Å²) in [5.41, 5.74) is 0.668. The number of sulfone groups is 1. The highest BCUT2D eigenvalue weighted by Gasteiger charge is 2.30. The van der Waals surface area contributed by atoms with Crippen molar-refractivity contribution in [3.8, 4) is 0 Å². The lowest BCUT2D eigenvalue weighted by atomic mass is 10.2. The Labute approximate surface area is 124 Å². The third kappa shape index (κ3) is 3.26. The van der Waals surface area contributed by atoms with Gasteiger partial charge in [0.25, 0.3) is 0 Å². The topological polar surface area (TPSA) is 88.4 Å². The van der Waals surface area contributed by atoms with Crippen molar-refractivity contribution >= 4 is 27.1 Å². The second kappa shape index (κ2) is 5.51. The molecule has 116 valence electrons. The molecule has 0 aliphatic heterocycles. The lowest BCUT2D eigenvalue weighted by Gasteiger charge is -2.23. The number of aromatic nitrogens is 3. The average molecular weight is 311 g/mol. The third-order valence-electron chi connectivity index (χ3n) is 3.42. The van der Waals surface area contributed by atoms with E-state index in [1.54, 1.807) is 20.0 Å². The SMILES string of the molecule is CCNc1cn2ccnc2c(NCC(C)(C)S(C)(=O)=O)n1. The minimum atomic E-state index is -3.17. The van der Waals surface area contributed by atoms with Crippen LogP contribution in [0.15, 0.2) is 18.6 Å². The third-order valence-corrected chi connectivity index (χ3v) is 5.57. The Hall–Kier alpha value is -1.83. The zero-order valence-corrected chi connectivity index (χ0v) is 13.5. The molecular weight excluding hydrogens is 290 g/mol. The van der Waals surface area contributed by atoms with Crippen molar-refractivity contribution in [1.82, 2.24) is 14.4 Å². The van der Waals surface area contributed by atoms with E-state index in [1.807, 2.05) is 23.7 Å². The summed E-state index contributed by atoms with van der Waals surface area (Å²) < 4.78 is 24.5. The first-order chi connectivity index (χ1) is 9.74. The molecule has 2 heterocycles. The van der Waals surface area contributed by atoms with Crippen LogP contribution in [0.3, 0.4) is 0 Å². The van der Waals surface area contributed by atoms with Gasteiger partial charge in [0.2, 0.25) is 0 Å². The molecule has 0 radical (unpaired) electrons. The van der Waals surface area contributed by atoms with Gasteiger partial charge < -0.3 is 15.0 Å². The van der Waals surface area contributed by atoms with E-state index in [2.05, 4.69) is 20.6 Å². The molecule has 21 heavy (non-hydrogen) atoms. The number of nitrogens with zero attached hydrogens (tertiary/aromatic N) is 3. The normalized spacial score (nSPS) is 12.6. The minimum Gasteiger partial charge on any atom is -0.369 e. The molecular formula is C13H21N5O2S. The second-order valence-corrected chi connectivity index (χ2v) is 8.20. The van der Waals surface area contributed by atoms with E-state index < -0.39 is 14.6 Å². The van der Waals surface area contributed by atoms with Gasteiger partial charge in [0, 0.05) is 31.7 Å². The Bertz CT molecular complexity index is 736.